The Balaban J connectivity index is 3.13. The van der Waals surface area contributed by atoms with E-state index in [0.29, 0.717) is 6.07 Å². The highest BCUT2D eigenvalue weighted by Gasteiger charge is 2.34. The molecule has 0 radical (unpaired) electrons. The minimum Gasteiger partial charge on any atom is -0.316 e. The van der Waals surface area contributed by atoms with E-state index in [4.69, 9.17) is 5.26 Å². The number of rotatable bonds is 5. The Morgan fingerprint density at radius 1 is 1.38 bits per heavy atom. The zero-order chi connectivity index (χ0) is 16.3. The van der Waals surface area contributed by atoms with Crippen LogP contribution in [-0.2, 0) is 16.2 Å². The van der Waals surface area contributed by atoms with Gasteiger partial charge in [-0.25, -0.2) is 13.1 Å². The van der Waals surface area contributed by atoms with Gasteiger partial charge >= 0.3 is 6.18 Å². The van der Waals surface area contributed by atoms with Crippen LogP contribution in [0.5, 0.6) is 0 Å². The van der Waals surface area contributed by atoms with Gasteiger partial charge in [-0.1, -0.05) is 0 Å². The second-order valence-corrected chi connectivity index (χ2v) is 6.13. The van der Waals surface area contributed by atoms with Crippen molar-refractivity contribution in [1.82, 2.24) is 10.0 Å². The lowest BCUT2D eigenvalue weighted by Crippen LogP contribution is -2.37. The summed E-state index contributed by atoms with van der Waals surface area (Å²) in [5.41, 5.74) is -1.89. The van der Waals surface area contributed by atoms with E-state index in [2.05, 4.69) is 10.0 Å². The number of benzene rings is 1. The number of nitrogens with one attached hydrogen (secondary N) is 2. The van der Waals surface area contributed by atoms with Gasteiger partial charge in [-0.2, -0.15) is 18.4 Å². The number of alkyl halides is 3. The second kappa shape index (κ2) is 6.43. The first-order valence-electron chi connectivity index (χ1n) is 5.90. The SMILES string of the molecule is CNC(C)CNS(=O)(=O)c1ccc(C(F)(F)F)c(C#N)c1. The predicted molar refractivity (Wildman–Crippen MR) is 69.9 cm³/mol. The van der Waals surface area contributed by atoms with Crippen LogP contribution in [0.4, 0.5) is 13.2 Å². The zero-order valence-electron chi connectivity index (χ0n) is 11.3. The molecule has 9 heteroatoms. The molecule has 0 fully saturated rings. The van der Waals surface area contributed by atoms with E-state index in [1.54, 1.807) is 14.0 Å². The number of sulfonamides is 1. The van der Waals surface area contributed by atoms with Gasteiger partial charge in [0.05, 0.1) is 22.1 Å². The van der Waals surface area contributed by atoms with E-state index in [1.165, 1.54) is 6.07 Å². The van der Waals surface area contributed by atoms with E-state index in [0.717, 1.165) is 12.1 Å². The molecule has 0 heterocycles. The average Bonchev–Trinajstić information content (AvgIpc) is 2.43. The molecule has 0 aliphatic heterocycles. The Hall–Kier alpha value is -1.63. The smallest absolute Gasteiger partial charge is 0.316 e. The van der Waals surface area contributed by atoms with Crippen LogP contribution in [0, 0.1) is 11.3 Å². The van der Waals surface area contributed by atoms with Crippen LogP contribution in [0.15, 0.2) is 23.1 Å². The summed E-state index contributed by atoms with van der Waals surface area (Å²) < 4.78 is 64.1. The predicted octanol–water partition coefficient (Wildman–Crippen LogP) is 1.46. The maximum Gasteiger partial charge on any atom is 0.417 e. The maximum absolute atomic E-state index is 12.6. The topological polar surface area (TPSA) is 82.0 Å². The van der Waals surface area contributed by atoms with Crippen molar-refractivity contribution in [2.75, 3.05) is 13.6 Å². The van der Waals surface area contributed by atoms with E-state index < -0.39 is 27.3 Å². The number of likely N-dealkylation sites (N-methyl/N-ethyl adjacent to an activating group) is 1. The van der Waals surface area contributed by atoms with Gasteiger partial charge in [-0.05, 0) is 32.2 Å². The number of hydrogen-bond donors (Lipinski definition) is 2. The summed E-state index contributed by atoms with van der Waals surface area (Å²) in [6.07, 6.45) is -4.71. The number of nitriles is 1. The molecule has 0 aliphatic carbocycles. The van der Waals surface area contributed by atoms with Crippen molar-refractivity contribution in [2.24, 2.45) is 0 Å². The minimum absolute atomic E-state index is 0.0712. The molecule has 1 atom stereocenters. The van der Waals surface area contributed by atoms with Crippen LogP contribution in [0.25, 0.3) is 0 Å². The van der Waals surface area contributed by atoms with Crippen molar-refractivity contribution in [3.63, 3.8) is 0 Å². The molecule has 0 bridgehead atoms. The number of hydrogen-bond acceptors (Lipinski definition) is 4. The van der Waals surface area contributed by atoms with Gasteiger partial charge in [0, 0.05) is 12.6 Å². The molecule has 21 heavy (non-hydrogen) atoms. The van der Waals surface area contributed by atoms with E-state index >= 15 is 0 Å². The van der Waals surface area contributed by atoms with Gasteiger partial charge in [-0.15, -0.1) is 0 Å². The quantitative estimate of drug-likeness (QED) is 0.860. The van der Waals surface area contributed by atoms with Crippen molar-refractivity contribution < 1.29 is 21.6 Å². The summed E-state index contributed by atoms with van der Waals surface area (Å²) in [6.45, 7) is 1.80. The van der Waals surface area contributed by atoms with Crippen molar-refractivity contribution in [3.8, 4) is 6.07 Å². The Morgan fingerprint density at radius 2 is 2.00 bits per heavy atom. The Morgan fingerprint density at radius 3 is 2.48 bits per heavy atom. The fourth-order valence-electron chi connectivity index (χ4n) is 1.45. The third kappa shape index (κ3) is 4.42. The Bertz CT molecular complexity index is 651. The average molecular weight is 321 g/mol. The van der Waals surface area contributed by atoms with Crippen molar-refractivity contribution in [1.29, 1.82) is 5.26 Å². The van der Waals surface area contributed by atoms with Gasteiger partial charge in [-0.3, -0.25) is 0 Å². The van der Waals surface area contributed by atoms with Gasteiger partial charge < -0.3 is 5.32 Å². The first-order valence-corrected chi connectivity index (χ1v) is 7.38. The first kappa shape index (κ1) is 17.4. The highest BCUT2D eigenvalue weighted by molar-refractivity contribution is 7.89. The number of nitrogens with zero attached hydrogens (tertiary/aromatic N) is 1. The molecule has 0 aromatic heterocycles. The third-order valence-corrected chi connectivity index (χ3v) is 4.22. The van der Waals surface area contributed by atoms with Crippen molar-refractivity contribution >= 4 is 10.0 Å². The summed E-state index contributed by atoms with van der Waals surface area (Å²) in [5.74, 6) is 0. The lowest BCUT2D eigenvalue weighted by atomic mass is 10.1. The minimum atomic E-state index is -4.71. The van der Waals surface area contributed by atoms with Gasteiger partial charge in [0.1, 0.15) is 0 Å². The first-order chi connectivity index (χ1) is 9.61. The molecule has 0 spiro atoms. The summed E-state index contributed by atoms with van der Waals surface area (Å²) >= 11 is 0. The molecular formula is C12H14F3N3O2S. The van der Waals surface area contributed by atoms with Gasteiger partial charge in [0.25, 0.3) is 0 Å². The molecule has 1 aromatic rings. The molecule has 0 saturated heterocycles. The molecular weight excluding hydrogens is 307 g/mol. The molecule has 0 amide bonds. The summed E-state index contributed by atoms with van der Waals surface area (Å²) in [6, 6.07) is 3.36. The molecule has 1 unspecified atom stereocenters. The van der Waals surface area contributed by atoms with E-state index in [-0.39, 0.29) is 17.5 Å². The van der Waals surface area contributed by atoms with Crippen LogP contribution in [0.2, 0.25) is 0 Å². The van der Waals surface area contributed by atoms with Crippen LogP contribution in [0.3, 0.4) is 0 Å². The molecule has 116 valence electrons. The highest BCUT2D eigenvalue weighted by atomic mass is 32.2. The fraction of sp³-hybridized carbons (Fsp3) is 0.417. The molecule has 0 saturated carbocycles. The maximum atomic E-state index is 12.6. The van der Waals surface area contributed by atoms with Gasteiger partial charge in [0.2, 0.25) is 10.0 Å². The molecule has 5 nitrogen and oxygen atoms in total. The zero-order valence-corrected chi connectivity index (χ0v) is 12.1. The van der Waals surface area contributed by atoms with Crippen LogP contribution >= 0.6 is 0 Å². The molecule has 1 rings (SSSR count). The van der Waals surface area contributed by atoms with Gasteiger partial charge in [0.15, 0.2) is 0 Å². The van der Waals surface area contributed by atoms with E-state index in [9.17, 15) is 21.6 Å². The fourth-order valence-corrected chi connectivity index (χ4v) is 2.61. The highest BCUT2D eigenvalue weighted by Crippen LogP contribution is 2.32. The number of halogens is 3. The Kier molecular flexibility index (Phi) is 5.33. The van der Waals surface area contributed by atoms with Crippen molar-refractivity contribution in [3.05, 3.63) is 29.3 Å². The lowest BCUT2D eigenvalue weighted by Gasteiger charge is -2.13. The Labute approximate surface area is 120 Å². The van der Waals surface area contributed by atoms with Crippen LogP contribution < -0.4 is 10.0 Å². The summed E-state index contributed by atoms with van der Waals surface area (Å²) in [7, 11) is -2.33. The lowest BCUT2D eigenvalue weighted by molar-refractivity contribution is -0.137. The molecule has 2 N–H and O–H groups in total. The van der Waals surface area contributed by atoms with Crippen LogP contribution in [-0.4, -0.2) is 28.1 Å². The largest absolute Gasteiger partial charge is 0.417 e. The van der Waals surface area contributed by atoms with Crippen molar-refractivity contribution in [2.45, 2.75) is 24.0 Å². The molecule has 0 aliphatic rings. The normalized spacial score (nSPS) is 13.7. The monoisotopic (exact) mass is 321 g/mol. The van der Waals surface area contributed by atoms with Crippen LogP contribution in [0.1, 0.15) is 18.1 Å². The summed E-state index contributed by atoms with van der Waals surface area (Å²) in [4.78, 5) is -0.379. The molecule has 1 aromatic carbocycles. The van der Waals surface area contributed by atoms with E-state index in [1.807, 2.05) is 0 Å². The summed E-state index contributed by atoms with van der Waals surface area (Å²) in [5, 5.41) is 11.6. The second-order valence-electron chi connectivity index (χ2n) is 4.36. The standard InChI is InChI=1S/C12H14F3N3O2S/c1-8(17-2)7-18-21(19,20)10-3-4-11(12(13,14)15)9(5-10)6-16/h3-5,8,17-18H,7H2,1-2H3. The third-order valence-electron chi connectivity index (χ3n) is 2.80.